The molecule has 0 radical (unpaired) electrons. The van der Waals surface area contributed by atoms with Gasteiger partial charge in [0.05, 0.1) is 6.33 Å². The molecule has 0 unspecified atom stereocenters. The minimum absolute atomic E-state index is 0.0417. The van der Waals surface area contributed by atoms with Gasteiger partial charge in [0.25, 0.3) is 11.8 Å². The lowest BCUT2D eigenvalue weighted by Gasteiger charge is -2.32. The Labute approximate surface area is 131 Å². The van der Waals surface area contributed by atoms with Crippen LogP contribution in [0.4, 0.5) is 10.2 Å². The van der Waals surface area contributed by atoms with E-state index >= 15 is 0 Å². The Hall–Kier alpha value is -2.84. The number of nitrogen functional groups attached to an aromatic ring is 1. The Bertz CT molecular complexity index is 744. The number of H-pyrrole nitrogens is 1. The minimum Gasteiger partial charge on any atom is -0.383 e. The molecule has 1 saturated heterocycles. The summed E-state index contributed by atoms with van der Waals surface area (Å²) in [6.45, 7) is 1.02. The molecule has 2 aromatic heterocycles. The van der Waals surface area contributed by atoms with Crippen LogP contribution in [0.5, 0.6) is 0 Å². The van der Waals surface area contributed by atoms with Gasteiger partial charge < -0.3 is 25.9 Å². The van der Waals surface area contributed by atoms with Crippen molar-refractivity contribution in [1.29, 1.82) is 0 Å². The second-order valence-electron chi connectivity index (χ2n) is 5.50. The summed E-state index contributed by atoms with van der Waals surface area (Å²) in [5, 5.41) is 0. The van der Waals surface area contributed by atoms with Crippen molar-refractivity contribution in [2.45, 2.75) is 18.9 Å². The van der Waals surface area contributed by atoms with Gasteiger partial charge in [-0.05, 0) is 12.8 Å². The quantitative estimate of drug-likeness (QED) is 0.762. The van der Waals surface area contributed by atoms with E-state index in [1.165, 1.54) is 12.4 Å². The molecule has 23 heavy (non-hydrogen) atoms. The highest BCUT2D eigenvalue weighted by atomic mass is 19.1. The number of likely N-dealkylation sites (tertiary alicyclic amines) is 1. The van der Waals surface area contributed by atoms with Crippen molar-refractivity contribution in [3.05, 3.63) is 35.8 Å². The zero-order valence-corrected chi connectivity index (χ0v) is 12.3. The summed E-state index contributed by atoms with van der Waals surface area (Å²) in [5.41, 5.74) is 11.4. The summed E-state index contributed by atoms with van der Waals surface area (Å²) in [5.74, 6) is -1.12. The van der Waals surface area contributed by atoms with E-state index in [-0.39, 0.29) is 29.2 Å². The SMILES string of the molecule is NC(=O)c1ncn(C2CCN(C(=O)c3cc(F)c[nH]3)CC2)c1N. The van der Waals surface area contributed by atoms with Crippen LogP contribution in [0.25, 0.3) is 0 Å². The van der Waals surface area contributed by atoms with Crippen molar-refractivity contribution >= 4 is 17.6 Å². The van der Waals surface area contributed by atoms with E-state index in [2.05, 4.69) is 9.97 Å². The molecule has 1 aliphatic heterocycles. The number of halogens is 1. The van der Waals surface area contributed by atoms with Gasteiger partial charge in [-0.1, -0.05) is 0 Å². The van der Waals surface area contributed by atoms with Crippen LogP contribution in [0, 0.1) is 5.82 Å². The predicted octanol–water partition coefficient (Wildman–Crippen LogP) is 0.509. The third kappa shape index (κ3) is 2.77. The maximum absolute atomic E-state index is 13.0. The lowest BCUT2D eigenvalue weighted by molar-refractivity contribution is 0.0690. The molecule has 5 N–H and O–H groups in total. The third-order valence-electron chi connectivity index (χ3n) is 4.09. The van der Waals surface area contributed by atoms with Gasteiger partial charge >= 0.3 is 0 Å². The van der Waals surface area contributed by atoms with Crippen molar-refractivity contribution in [3.8, 4) is 0 Å². The lowest BCUT2D eigenvalue weighted by Crippen LogP contribution is -2.39. The number of hydrogen-bond acceptors (Lipinski definition) is 4. The number of amides is 2. The van der Waals surface area contributed by atoms with Gasteiger partial charge in [-0.2, -0.15) is 0 Å². The van der Waals surface area contributed by atoms with E-state index in [0.717, 1.165) is 6.20 Å². The number of hydrogen-bond donors (Lipinski definition) is 3. The first-order valence-electron chi connectivity index (χ1n) is 7.22. The maximum atomic E-state index is 13.0. The molecule has 0 spiro atoms. The highest BCUT2D eigenvalue weighted by Crippen LogP contribution is 2.27. The number of aromatic amines is 1. The number of aromatic nitrogens is 3. The highest BCUT2D eigenvalue weighted by molar-refractivity contribution is 5.95. The molecular weight excluding hydrogens is 303 g/mol. The van der Waals surface area contributed by atoms with Gasteiger partial charge in [-0.25, -0.2) is 9.37 Å². The predicted molar refractivity (Wildman–Crippen MR) is 80.1 cm³/mol. The summed E-state index contributed by atoms with van der Waals surface area (Å²) in [6, 6.07) is 1.22. The molecule has 122 valence electrons. The van der Waals surface area contributed by atoms with Crippen molar-refractivity contribution < 1.29 is 14.0 Å². The van der Waals surface area contributed by atoms with Crippen molar-refractivity contribution in [1.82, 2.24) is 19.4 Å². The normalized spacial score (nSPS) is 15.8. The van der Waals surface area contributed by atoms with Gasteiger partial charge in [-0.15, -0.1) is 0 Å². The number of anilines is 1. The van der Waals surface area contributed by atoms with Crippen molar-refractivity contribution in [2.24, 2.45) is 5.73 Å². The average molecular weight is 320 g/mol. The second-order valence-corrected chi connectivity index (χ2v) is 5.50. The van der Waals surface area contributed by atoms with Gasteiger partial charge in [0, 0.05) is 31.4 Å². The van der Waals surface area contributed by atoms with E-state index in [1.807, 2.05) is 0 Å². The summed E-state index contributed by atoms with van der Waals surface area (Å²) in [7, 11) is 0. The molecule has 2 aromatic rings. The summed E-state index contributed by atoms with van der Waals surface area (Å²) >= 11 is 0. The Morgan fingerprint density at radius 3 is 2.57 bits per heavy atom. The topological polar surface area (TPSA) is 123 Å². The molecule has 3 rings (SSSR count). The number of nitrogens with two attached hydrogens (primary N) is 2. The number of piperidine rings is 1. The van der Waals surface area contributed by atoms with Crippen LogP contribution >= 0.6 is 0 Å². The minimum atomic E-state index is -0.664. The first-order valence-corrected chi connectivity index (χ1v) is 7.22. The molecule has 8 nitrogen and oxygen atoms in total. The van der Waals surface area contributed by atoms with Gasteiger partial charge in [-0.3, -0.25) is 9.59 Å². The standard InChI is InChI=1S/C14H17FN6O2/c15-8-5-10(18-6-8)14(23)20-3-1-9(2-4-20)21-7-19-11(12(21)16)13(17)22/h5-7,9,18H,1-4,16H2,(H2,17,22). The smallest absolute Gasteiger partial charge is 0.271 e. The lowest BCUT2D eigenvalue weighted by atomic mass is 10.0. The van der Waals surface area contributed by atoms with Crippen LogP contribution in [-0.2, 0) is 0 Å². The molecule has 0 aliphatic carbocycles. The first kappa shape index (κ1) is 15.1. The zero-order chi connectivity index (χ0) is 16.6. The third-order valence-corrected chi connectivity index (χ3v) is 4.09. The van der Waals surface area contributed by atoms with E-state index in [1.54, 1.807) is 9.47 Å². The Morgan fingerprint density at radius 2 is 2.04 bits per heavy atom. The van der Waals surface area contributed by atoms with E-state index in [0.29, 0.717) is 25.9 Å². The van der Waals surface area contributed by atoms with E-state index in [4.69, 9.17) is 11.5 Å². The molecule has 0 atom stereocenters. The van der Waals surface area contributed by atoms with Crippen LogP contribution in [0.1, 0.15) is 39.9 Å². The molecule has 2 amide bonds. The van der Waals surface area contributed by atoms with Crippen LogP contribution in [0.3, 0.4) is 0 Å². The molecule has 0 saturated carbocycles. The Balaban J connectivity index is 1.67. The number of nitrogens with one attached hydrogen (secondary N) is 1. The van der Waals surface area contributed by atoms with Crippen LogP contribution < -0.4 is 11.5 Å². The fourth-order valence-corrected chi connectivity index (χ4v) is 2.86. The molecular formula is C14H17FN6O2. The molecule has 0 bridgehead atoms. The van der Waals surface area contributed by atoms with Crippen LogP contribution in [-0.4, -0.2) is 44.3 Å². The average Bonchev–Trinajstić information content (AvgIpc) is 3.13. The van der Waals surface area contributed by atoms with E-state index < -0.39 is 11.7 Å². The summed E-state index contributed by atoms with van der Waals surface area (Å²) in [6.07, 6.45) is 3.97. The highest BCUT2D eigenvalue weighted by Gasteiger charge is 2.27. The maximum Gasteiger partial charge on any atom is 0.271 e. The number of primary amides is 1. The van der Waals surface area contributed by atoms with Crippen molar-refractivity contribution in [2.75, 3.05) is 18.8 Å². The zero-order valence-electron chi connectivity index (χ0n) is 12.3. The van der Waals surface area contributed by atoms with Gasteiger partial charge in [0.1, 0.15) is 17.3 Å². The molecule has 9 heteroatoms. The fourth-order valence-electron chi connectivity index (χ4n) is 2.86. The van der Waals surface area contributed by atoms with Gasteiger partial charge in [0.15, 0.2) is 5.69 Å². The molecule has 1 aliphatic rings. The first-order chi connectivity index (χ1) is 11.0. The van der Waals surface area contributed by atoms with E-state index in [9.17, 15) is 14.0 Å². The summed E-state index contributed by atoms with van der Waals surface area (Å²) in [4.78, 5) is 31.6. The number of carbonyl (C=O) groups is 2. The molecule has 3 heterocycles. The Morgan fingerprint density at radius 1 is 1.35 bits per heavy atom. The fraction of sp³-hybridized carbons (Fsp3) is 0.357. The van der Waals surface area contributed by atoms with Crippen molar-refractivity contribution in [3.63, 3.8) is 0 Å². The van der Waals surface area contributed by atoms with Crippen LogP contribution in [0.15, 0.2) is 18.6 Å². The molecule has 0 aromatic carbocycles. The van der Waals surface area contributed by atoms with Gasteiger partial charge in [0.2, 0.25) is 0 Å². The van der Waals surface area contributed by atoms with Crippen LogP contribution in [0.2, 0.25) is 0 Å². The largest absolute Gasteiger partial charge is 0.383 e. The molecule has 1 fully saturated rings. The second kappa shape index (κ2) is 5.75. The number of rotatable bonds is 3. The number of nitrogens with zero attached hydrogens (tertiary/aromatic N) is 3. The monoisotopic (exact) mass is 320 g/mol. The number of imidazole rings is 1. The Kier molecular flexibility index (Phi) is 3.77. The summed E-state index contributed by atoms with van der Waals surface area (Å²) < 4.78 is 14.7. The number of carbonyl (C=O) groups excluding carboxylic acids is 2.